The fraction of sp³-hybridized carbons (Fsp3) is 0.0588. The largest absolute Gasteiger partial charge is 0.454 e. The van der Waals surface area contributed by atoms with Crippen molar-refractivity contribution in [3.05, 3.63) is 58.4 Å². The van der Waals surface area contributed by atoms with Gasteiger partial charge in [-0.2, -0.15) is 0 Å². The van der Waals surface area contributed by atoms with Gasteiger partial charge in [0, 0.05) is 5.39 Å². The number of rotatable bonds is 2. The third-order valence-corrected chi connectivity index (χ3v) is 3.71. The summed E-state index contributed by atoms with van der Waals surface area (Å²) in [5.41, 5.74) is 6.15. The minimum Gasteiger partial charge on any atom is -0.454 e. The summed E-state index contributed by atoms with van der Waals surface area (Å²) in [6, 6.07) is 11.8. The fourth-order valence-electron chi connectivity index (χ4n) is 2.60. The van der Waals surface area contributed by atoms with Gasteiger partial charge >= 0.3 is 5.63 Å². The molecular formula is C17H11NO5. The number of carbonyl (C=O) groups is 1. The smallest absolute Gasteiger partial charge is 0.344 e. The van der Waals surface area contributed by atoms with Gasteiger partial charge < -0.3 is 19.6 Å². The molecule has 4 rings (SSSR count). The molecule has 0 radical (unpaired) electrons. The summed E-state index contributed by atoms with van der Waals surface area (Å²) in [7, 11) is 0. The van der Waals surface area contributed by atoms with Crippen molar-refractivity contribution < 1.29 is 18.7 Å². The molecule has 6 nitrogen and oxygen atoms in total. The first-order chi connectivity index (χ1) is 11.1. The molecule has 0 aliphatic carbocycles. The van der Waals surface area contributed by atoms with E-state index in [-0.39, 0.29) is 17.9 Å². The fourth-order valence-corrected chi connectivity index (χ4v) is 2.60. The van der Waals surface area contributed by atoms with Crippen LogP contribution in [0.1, 0.15) is 10.4 Å². The molecule has 0 fully saturated rings. The molecular weight excluding hydrogens is 298 g/mol. The van der Waals surface area contributed by atoms with E-state index in [1.54, 1.807) is 36.4 Å². The topological polar surface area (TPSA) is 91.8 Å². The standard InChI is InChI=1S/C17H11NO5/c18-16(19)11-3-1-2-10-6-12(17(20)23-15(10)11)9-4-5-13-14(7-9)22-8-21-13/h1-7H,8H2,(H2,18,19). The number of hydrogen-bond donors (Lipinski definition) is 1. The number of primary amides is 1. The number of amides is 1. The Morgan fingerprint density at radius 3 is 2.70 bits per heavy atom. The zero-order valence-electron chi connectivity index (χ0n) is 11.9. The van der Waals surface area contributed by atoms with Gasteiger partial charge in [-0.25, -0.2) is 4.79 Å². The highest BCUT2D eigenvalue weighted by Crippen LogP contribution is 2.35. The zero-order chi connectivity index (χ0) is 16.0. The summed E-state index contributed by atoms with van der Waals surface area (Å²) < 4.78 is 15.9. The summed E-state index contributed by atoms with van der Waals surface area (Å²) in [6.07, 6.45) is 0. The lowest BCUT2D eigenvalue weighted by Gasteiger charge is -2.06. The molecule has 0 spiro atoms. The Hall–Kier alpha value is -3.28. The van der Waals surface area contributed by atoms with Gasteiger partial charge in [0.2, 0.25) is 6.79 Å². The molecule has 1 aliphatic rings. The van der Waals surface area contributed by atoms with Crippen molar-refractivity contribution in [3.63, 3.8) is 0 Å². The van der Waals surface area contributed by atoms with Crippen molar-refractivity contribution in [1.82, 2.24) is 0 Å². The number of hydrogen-bond acceptors (Lipinski definition) is 5. The van der Waals surface area contributed by atoms with Crippen LogP contribution < -0.4 is 20.8 Å². The molecule has 0 unspecified atom stereocenters. The van der Waals surface area contributed by atoms with Crippen molar-refractivity contribution in [2.45, 2.75) is 0 Å². The van der Waals surface area contributed by atoms with E-state index < -0.39 is 11.5 Å². The van der Waals surface area contributed by atoms with E-state index in [4.69, 9.17) is 19.6 Å². The van der Waals surface area contributed by atoms with E-state index >= 15 is 0 Å². The molecule has 1 aromatic heterocycles. The van der Waals surface area contributed by atoms with Crippen LogP contribution >= 0.6 is 0 Å². The molecule has 0 saturated heterocycles. The minimum atomic E-state index is -0.644. The number of carbonyl (C=O) groups excluding carboxylic acids is 1. The summed E-state index contributed by atoms with van der Waals surface area (Å²) in [4.78, 5) is 23.8. The van der Waals surface area contributed by atoms with Crippen LogP contribution in [0.15, 0.2) is 51.7 Å². The quantitative estimate of drug-likeness (QED) is 0.733. The Bertz CT molecular complexity index is 1010. The molecule has 2 heterocycles. The van der Waals surface area contributed by atoms with Crippen LogP contribution in [-0.4, -0.2) is 12.7 Å². The molecule has 2 N–H and O–H groups in total. The van der Waals surface area contributed by atoms with Gasteiger partial charge in [-0.3, -0.25) is 4.79 Å². The Kier molecular flexibility index (Phi) is 2.84. The number of benzene rings is 2. The van der Waals surface area contributed by atoms with Gasteiger partial charge in [0.25, 0.3) is 5.91 Å². The Labute approximate surface area is 130 Å². The lowest BCUT2D eigenvalue weighted by molar-refractivity contribution is 0.100. The van der Waals surface area contributed by atoms with E-state index in [1.807, 2.05) is 0 Å². The van der Waals surface area contributed by atoms with Crippen molar-refractivity contribution in [2.75, 3.05) is 6.79 Å². The first-order valence-corrected chi connectivity index (χ1v) is 6.90. The molecule has 2 aromatic carbocycles. The molecule has 114 valence electrons. The minimum absolute atomic E-state index is 0.160. The van der Waals surface area contributed by atoms with E-state index in [0.29, 0.717) is 28.0 Å². The SMILES string of the molecule is NC(=O)c1cccc2cc(-c3ccc4c(c3)OCO4)c(=O)oc12. The molecule has 1 aliphatic heterocycles. The van der Waals surface area contributed by atoms with Crippen molar-refractivity contribution in [3.8, 4) is 22.6 Å². The summed E-state index contributed by atoms with van der Waals surface area (Å²) in [6.45, 7) is 0.160. The molecule has 0 atom stereocenters. The Morgan fingerprint density at radius 2 is 1.87 bits per heavy atom. The van der Waals surface area contributed by atoms with Crippen LogP contribution in [0.4, 0.5) is 0 Å². The highest BCUT2D eigenvalue weighted by Gasteiger charge is 2.17. The van der Waals surface area contributed by atoms with Crippen LogP contribution in [0, 0.1) is 0 Å². The summed E-state index contributed by atoms with van der Waals surface area (Å²) in [5.74, 6) is 0.567. The third kappa shape index (κ3) is 2.12. The average Bonchev–Trinajstić information content (AvgIpc) is 3.01. The van der Waals surface area contributed by atoms with Gasteiger partial charge in [-0.15, -0.1) is 0 Å². The Balaban J connectivity index is 1.93. The summed E-state index contributed by atoms with van der Waals surface area (Å²) in [5, 5.41) is 0.619. The molecule has 0 bridgehead atoms. The number of ether oxygens (including phenoxy) is 2. The van der Waals surface area contributed by atoms with Crippen molar-refractivity contribution in [2.24, 2.45) is 5.73 Å². The monoisotopic (exact) mass is 309 g/mol. The van der Waals surface area contributed by atoms with Crippen molar-refractivity contribution in [1.29, 1.82) is 0 Å². The van der Waals surface area contributed by atoms with Crippen molar-refractivity contribution >= 4 is 16.9 Å². The lowest BCUT2D eigenvalue weighted by atomic mass is 10.0. The maximum atomic E-state index is 12.3. The predicted molar refractivity (Wildman–Crippen MR) is 82.6 cm³/mol. The molecule has 23 heavy (non-hydrogen) atoms. The second-order valence-corrected chi connectivity index (χ2v) is 5.10. The lowest BCUT2D eigenvalue weighted by Crippen LogP contribution is -2.12. The Morgan fingerprint density at radius 1 is 1.04 bits per heavy atom. The molecule has 1 amide bonds. The van der Waals surface area contributed by atoms with E-state index in [9.17, 15) is 9.59 Å². The molecule has 3 aromatic rings. The third-order valence-electron chi connectivity index (χ3n) is 3.71. The second-order valence-electron chi connectivity index (χ2n) is 5.10. The van der Waals surface area contributed by atoms with Crippen LogP contribution in [0.3, 0.4) is 0 Å². The van der Waals surface area contributed by atoms with Gasteiger partial charge in [0.1, 0.15) is 0 Å². The first kappa shape index (κ1) is 13.4. The van der Waals surface area contributed by atoms with Crippen LogP contribution in [0.25, 0.3) is 22.1 Å². The van der Waals surface area contributed by atoms with Gasteiger partial charge in [-0.05, 0) is 29.8 Å². The maximum absolute atomic E-state index is 12.3. The summed E-state index contributed by atoms with van der Waals surface area (Å²) >= 11 is 0. The molecule has 6 heteroatoms. The zero-order valence-corrected chi connectivity index (χ0v) is 11.9. The number of nitrogens with two attached hydrogens (primary N) is 1. The first-order valence-electron chi connectivity index (χ1n) is 6.90. The van der Waals surface area contributed by atoms with E-state index in [0.717, 1.165) is 0 Å². The predicted octanol–water partition coefficient (Wildman–Crippen LogP) is 2.29. The van der Waals surface area contributed by atoms with Crippen LogP contribution in [-0.2, 0) is 0 Å². The van der Waals surface area contributed by atoms with E-state index in [1.165, 1.54) is 6.07 Å². The van der Waals surface area contributed by atoms with Gasteiger partial charge in [0.05, 0.1) is 11.1 Å². The highest BCUT2D eigenvalue weighted by atomic mass is 16.7. The normalized spacial score (nSPS) is 12.5. The number of fused-ring (bicyclic) bond motifs is 2. The maximum Gasteiger partial charge on any atom is 0.344 e. The van der Waals surface area contributed by atoms with Crippen LogP contribution in [0.5, 0.6) is 11.5 Å². The average molecular weight is 309 g/mol. The van der Waals surface area contributed by atoms with E-state index in [2.05, 4.69) is 0 Å². The van der Waals surface area contributed by atoms with Crippen LogP contribution in [0.2, 0.25) is 0 Å². The second kappa shape index (κ2) is 4.88. The molecule has 0 saturated carbocycles. The van der Waals surface area contributed by atoms with Gasteiger partial charge in [0.15, 0.2) is 17.1 Å². The number of para-hydroxylation sites is 1. The van der Waals surface area contributed by atoms with Gasteiger partial charge in [-0.1, -0.05) is 18.2 Å². The highest BCUT2D eigenvalue weighted by molar-refractivity contribution is 6.04.